The highest BCUT2D eigenvalue weighted by Crippen LogP contribution is 2.31. The van der Waals surface area contributed by atoms with Crippen LogP contribution in [-0.2, 0) is 16.1 Å². The number of carbonyl (C=O) groups excluding carboxylic acids is 1. The molecule has 0 saturated carbocycles. The lowest BCUT2D eigenvalue weighted by Gasteiger charge is -2.31. The largest absolute Gasteiger partial charge is 0.507 e. The number of aromatic hydroxyl groups is 1. The van der Waals surface area contributed by atoms with E-state index in [0.29, 0.717) is 52.4 Å². The first-order valence-electron chi connectivity index (χ1n) is 10.4. The smallest absolute Gasteiger partial charge is 0.310 e. The Hall–Kier alpha value is -2.83. The summed E-state index contributed by atoms with van der Waals surface area (Å²) in [5, 5.41) is 11.5. The summed E-state index contributed by atoms with van der Waals surface area (Å²) in [5.74, 6) is -0.309. The lowest BCUT2D eigenvalue weighted by Crippen LogP contribution is -2.39. The number of hydrogen-bond donors (Lipinski definition) is 1. The third-order valence-electron chi connectivity index (χ3n) is 5.68. The molecule has 1 aliphatic heterocycles. The van der Waals surface area contributed by atoms with Crippen LogP contribution >= 0.6 is 11.6 Å². The van der Waals surface area contributed by atoms with Crippen molar-refractivity contribution in [2.75, 3.05) is 19.7 Å². The van der Waals surface area contributed by atoms with Crippen LogP contribution in [0.1, 0.15) is 25.3 Å². The van der Waals surface area contributed by atoms with Crippen molar-refractivity contribution in [2.24, 2.45) is 5.92 Å². The van der Waals surface area contributed by atoms with Gasteiger partial charge in [0.15, 0.2) is 0 Å². The quantitative estimate of drug-likeness (QED) is 0.583. The molecule has 1 N–H and O–H groups in total. The van der Waals surface area contributed by atoms with Gasteiger partial charge in [-0.05, 0) is 56.1 Å². The molecule has 1 unspecified atom stereocenters. The highest BCUT2D eigenvalue weighted by Gasteiger charge is 2.28. The average Bonchev–Trinajstić information content (AvgIpc) is 2.77. The molecule has 0 radical (unpaired) electrons. The highest BCUT2D eigenvalue weighted by atomic mass is 35.5. The number of phenols is 1. The molecule has 4 rings (SSSR count). The van der Waals surface area contributed by atoms with E-state index in [1.807, 2.05) is 0 Å². The molecule has 7 heteroatoms. The number of fused-ring (bicyclic) bond motifs is 1. The van der Waals surface area contributed by atoms with E-state index in [-0.39, 0.29) is 23.1 Å². The van der Waals surface area contributed by atoms with Crippen LogP contribution in [0, 0.1) is 5.92 Å². The Bertz CT molecular complexity index is 1160. The molecule has 1 aromatic heterocycles. The van der Waals surface area contributed by atoms with Gasteiger partial charge in [-0.3, -0.25) is 14.5 Å². The standard InChI is InChI=1S/C24H24ClNO5/c1-2-30-24(29)16-4-3-11-26(12-16)13-19-21(27)10-9-18-22(28)20(14-31-23(18)19)15-5-7-17(25)8-6-15/h5-10,14,16,27H,2-4,11-13H2,1H3. The van der Waals surface area contributed by atoms with Crippen molar-refractivity contribution in [3.8, 4) is 16.9 Å². The number of carbonyl (C=O) groups is 1. The van der Waals surface area contributed by atoms with Crippen LogP contribution in [0.25, 0.3) is 22.1 Å². The molecule has 0 spiro atoms. The average molecular weight is 442 g/mol. The normalized spacial score (nSPS) is 17.0. The molecule has 2 aromatic carbocycles. The number of nitrogens with zero attached hydrogens (tertiary/aromatic N) is 1. The summed E-state index contributed by atoms with van der Waals surface area (Å²) in [6, 6.07) is 10.1. The van der Waals surface area contributed by atoms with E-state index in [9.17, 15) is 14.7 Å². The van der Waals surface area contributed by atoms with E-state index in [2.05, 4.69) is 4.90 Å². The Balaban J connectivity index is 1.66. The van der Waals surface area contributed by atoms with E-state index in [0.717, 1.165) is 19.4 Å². The fourth-order valence-electron chi connectivity index (χ4n) is 4.10. The van der Waals surface area contributed by atoms with Crippen molar-refractivity contribution < 1.29 is 19.1 Å². The molecule has 2 heterocycles. The second kappa shape index (κ2) is 9.12. The molecule has 0 amide bonds. The van der Waals surface area contributed by atoms with Gasteiger partial charge in [-0.25, -0.2) is 0 Å². The van der Waals surface area contributed by atoms with Gasteiger partial charge in [0.05, 0.1) is 29.0 Å². The second-order valence-corrected chi connectivity index (χ2v) is 8.19. The molecular weight excluding hydrogens is 418 g/mol. The first-order valence-corrected chi connectivity index (χ1v) is 10.8. The molecule has 31 heavy (non-hydrogen) atoms. The summed E-state index contributed by atoms with van der Waals surface area (Å²) < 4.78 is 11.0. The molecule has 1 aliphatic rings. The molecule has 0 aliphatic carbocycles. The zero-order valence-corrected chi connectivity index (χ0v) is 18.0. The minimum absolute atomic E-state index is 0.0631. The molecule has 3 aromatic rings. The first kappa shape index (κ1) is 21.4. The number of benzene rings is 2. The van der Waals surface area contributed by atoms with Gasteiger partial charge < -0.3 is 14.3 Å². The van der Waals surface area contributed by atoms with Gasteiger partial charge in [-0.15, -0.1) is 0 Å². The number of ether oxygens (including phenoxy) is 1. The van der Waals surface area contributed by atoms with Crippen molar-refractivity contribution in [3.05, 3.63) is 63.5 Å². The third-order valence-corrected chi connectivity index (χ3v) is 5.93. The van der Waals surface area contributed by atoms with Gasteiger partial charge >= 0.3 is 5.97 Å². The topological polar surface area (TPSA) is 80.0 Å². The lowest BCUT2D eigenvalue weighted by molar-refractivity contribution is -0.150. The number of piperidine rings is 1. The minimum Gasteiger partial charge on any atom is -0.507 e. The Morgan fingerprint density at radius 1 is 1.26 bits per heavy atom. The van der Waals surface area contributed by atoms with Crippen molar-refractivity contribution in [1.82, 2.24) is 4.90 Å². The maximum absolute atomic E-state index is 13.1. The Morgan fingerprint density at radius 2 is 2.03 bits per heavy atom. The maximum atomic E-state index is 13.1. The molecule has 6 nitrogen and oxygen atoms in total. The van der Waals surface area contributed by atoms with Gasteiger partial charge in [-0.1, -0.05) is 23.7 Å². The number of esters is 1. The van der Waals surface area contributed by atoms with Crippen LogP contribution in [0.4, 0.5) is 0 Å². The summed E-state index contributed by atoms with van der Waals surface area (Å²) in [5.41, 5.74) is 1.87. The summed E-state index contributed by atoms with van der Waals surface area (Å²) in [6.45, 7) is 3.87. The number of halogens is 1. The van der Waals surface area contributed by atoms with Crippen molar-refractivity contribution in [1.29, 1.82) is 0 Å². The Morgan fingerprint density at radius 3 is 2.77 bits per heavy atom. The molecule has 1 saturated heterocycles. The van der Waals surface area contributed by atoms with E-state index >= 15 is 0 Å². The van der Waals surface area contributed by atoms with Gasteiger partial charge in [0.25, 0.3) is 0 Å². The summed E-state index contributed by atoms with van der Waals surface area (Å²) in [6.07, 6.45) is 3.07. The number of phenolic OH excluding ortho intramolecular Hbond substituents is 1. The van der Waals surface area contributed by atoms with Crippen LogP contribution < -0.4 is 5.43 Å². The second-order valence-electron chi connectivity index (χ2n) is 7.75. The molecule has 0 bridgehead atoms. The molecule has 1 atom stereocenters. The Kier molecular flexibility index (Phi) is 6.30. The molecule has 1 fully saturated rings. The van der Waals surface area contributed by atoms with Crippen molar-refractivity contribution in [2.45, 2.75) is 26.3 Å². The number of likely N-dealkylation sites (tertiary alicyclic amines) is 1. The van der Waals surface area contributed by atoms with Crippen LogP contribution in [-0.4, -0.2) is 35.7 Å². The number of hydrogen-bond acceptors (Lipinski definition) is 6. The zero-order valence-electron chi connectivity index (χ0n) is 17.3. The van der Waals surface area contributed by atoms with Crippen LogP contribution in [0.2, 0.25) is 5.02 Å². The van der Waals surface area contributed by atoms with Gasteiger partial charge in [0, 0.05) is 18.1 Å². The van der Waals surface area contributed by atoms with Gasteiger partial charge in [0.2, 0.25) is 5.43 Å². The predicted molar refractivity (Wildman–Crippen MR) is 119 cm³/mol. The third kappa shape index (κ3) is 4.45. The van der Waals surface area contributed by atoms with E-state index in [4.69, 9.17) is 20.8 Å². The van der Waals surface area contributed by atoms with Gasteiger partial charge in [0.1, 0.15) is 17.6 Å². The van der Waals surface area contributed by atoms with E-state index < -0.39 is 0 Å². The Labute approximate surface area is 185 Å². The van der Waals surface area contributed by atoms with Crippen LogP contribution in [0.3, 0.4) is 0 Å². The van der Waals surface area contributed by atoms with Crippen molar-refractivity contribution >= 4 is 28.5 Å². The van der Waals surface area contributed by atoms with Crippen molar-refractivity contribution in [3.63, 3.8) is 0 Å². The van der Waals surface area contributed by atoms with E-state index in [1.165, 1.54) is 12.3 Å². The summed E-state index contributed by atoms with van der Waals surface area (Å²) in [4.78, 5) is 27.4. The fourth-order valence-corrected chi connectivity index (χ4v) is 4.23. The summed E-state index contributed by atoms with van der Waals surface area (Å²) in [7, 11) is 0. The minimum atomic E-state index is -0.187. The molecular formula is C24H24ClNO5. The van der Waals surface area contributed by atoms with Crippen LogP contribution in [0.5, 0.6) is 5.75 Å². The summed E-state index contributed by atoms with van der Waals surface area (Å²) >= 11 is 5.95. The predicted octanol–water partition coefficient (Wildman–Crippen LogP) is 4.59. The monoisotopic (exact) mass is 441 g/mol. The first-order chi connectivity index (χ1) is 15.0. The lowest BCUT2D eigenvalue weighted by atomic mass is 9.97. The van der Waals surface area contributed by atoms with Crippen LogP contribution in [0.15, 0.2) is 51.9 Å². The maximum Gasteiger partial charge on any atom is 0.310 e. The van der Waals surface area contributed by atoms with E-state index in [1.54, 1.807) is 37.3 Å². The fraction of sp³-hybridized carbons (Fsp3) is 0.333. The van der Waals surface area contributed by atoms with Gasteiger partial charge in [-0.2, -0.15) is 0 Å². The highest BCUT2D eigenvalue weighted by molar-refractivity contribution is 6.30. The molecule has 162 valence electrons. The SMILES string of the molecule is CCOC(=O)C1CCCN(Cc2c(O)ccc3c(=O)c(-c4ccc(Cl)cc4)coc23)C1. The zero-order chi connectivity index (χ0) is 22.0. The number of rotatable bonds is 5.